The van der Waals surface area contributed by atoms with E-state index in [1.807, 2.05) is 14.1 Å². The third-order valence-electron chi connectivity index (χ3n) is 2.27. The monoisotopic (exact) mass is 239 g/mol. The second kappa shape index (κ2) is 6.96. The Morgan fingerprint density at radius 2 is 2.18 bits per heavy atom. The van der Waals surface area contributed by atoms with E-state index in [1.54, 1.807) is 0 Å². The first kappa shape index (κ1) is 13.6. The standard InChI is InChI=1S/C12H18FN3O/c1-16(2)9-4-3-8-14-12(17)10-6-5-7-11(13)15-10/h5-7H,3-4,8-9H2,1-2H3,(H,14,17). The van der Waals surface area contributed by atoms with E-state index in [0.29, 0.717) is 6.54 Å². The lowest BCUT2D eigenvalue weighted by molar-refractivity contribution is 0.0946. The molecule has 0 aliphatic rings. The van der Waals surface area contributed by atoms with E-state index in [1.165, 1.54) is 18.2 Å². The molecule has 1 aromatic rings. The maximum Gasteiger partial charge on any atom is 0.269 e. The van der Waals surface area contributed by atoms with E-state index in [0.717, 1.165) is 19.4 Å². The fraction of sp³-hybridized carbons (Fsp3) is 0.500. The van der Waals surface area contributed by atoms with Gasteiger partial charge in [0.05, 0.1) is 0 Å². The summed E-state index contributed by atoms with van der Waals surface area (Å²) in [7, 11) is 4.02. The van der Waals surface area contributed by atoms with E-state index in [2.05, 4.69) is 15.2 Å². The average Bonchev–Trinajstić information content (AvgIpc) is 2.28. The zero-order valence-electron chi connectivity index (χ0n) is 10.2. The lowest BCUT2D eigenvalue weighted by Gasteiger charge is -2.09. The van der Waals surface area contributed by atoms with Gasteiger partial charge in [0.25, 0.3) is 5.91 Å². The van der Waals surface area contributed by atoms with E-state index in [4.69, 9.17) is 0 Å². The Labute approximate surface area is 101 Å². The van der Waals surface area contributed by atoms with E-state index < -0.39 is 5.95 Å². The highest BCUT2D eigenvalue weighted by Crippen LogP contribution is 1.98. The molecule has 0 radical (unpaired) electrons. The molecule has 0 aliphatic heterocycles. The number of carbonyl (C=O) groups excluding carboxylic acids is 1. The number of aromatic nitrogens is 1. The molecule has 94 valence electrons. The number of pyridine rings is 1. The predicted octanol–water partition coefficient (Wildman–Crippen LogP) is 1.29. The molecule has 0 saturated carbocycles. The molecule has 0 atom stereocenters. The number of hydrogen-bond acceptors (Lipinski definition) is 3. The maximum absolute atomic E-state index is 12.8. The first-order valence-corrected chi connectivity index (χ1v) is 5.65. The summed E-state index contributed by atoms with van der Waals surface area (Å²) in [6, 6.07) is 4.19. The number of nitrogens with zero attached hydrogens (tertiary/aromatic N) is 2. The van der Waals surface area contributed by atoms with Crippen LogP contribution in [0.4, 0.5) is 4.39 Å². The summed E-state index contributed by atoms with van der Waals surface area (Å²) in [6.07, 6.45) is 1.92. The van der Waals surface area contributed by atoms with Crippen molar-refractivity contribution < 1.29 is 9.18 Å². The van der Waals surface area contributed by atoms with E-state index >= 15 is 0 Å². The van der Waals surface area contributed by atoms with Crippen LogP contribution in [0, 0.1) is 5.95 Å². The molecule has 1 amide bonds. The summed E-state index contributed by atoms with van der Waals surface area (Å²) in [5, 5.41) is 2.71. The van der Waals surface area contributed by atoms with Crippen LogP contribution in [0.15, 0.2) is 18.2 Å². The third-order valence-corrected chi connectivity index (χ3v) is 2.27. The number of amides is 1. The van der Waals surface area contributed by atoms with Crippen molar-refractivity contribution in [1.82, 2.24) is 15.2 Å². The zero-order chi connectivity index (χ0) is 12.7. The van der Waals surface area contributed by atoms with Gasteiger partial charge < -0.3 is 10.2 Å². The van der Waals surface area contributed by atoms with Gasteiger partial charge in [-0.1, -0.05) is 6.07 Å². The minimum absolute atomic E-state index is 0.123. The van der Waals surface area contributed by atoms with Crippen LogP contribution in [0.1, 0.15) is 23.3 Å². The molecule has 1 heterocycles. The minimum Gasteiger partial charge on any atom is -0.351 e. The number of carbonyl (C=O) groups is 1. The molecule has 5 heteroatoms. The van der Waals surface area contributed by atoms with E-state index in [9.17, 15) is 9.18 Å². The lowest BCUT2D eigenvalue weighted by atomic mass is 10.3. The fourth-order valence-electron chi connectivity index (χ4n) is 1.38. The largest absolute Gasteiger partial charge is 0.351 e. The van der Waals surface area contributed by atoms with Gasteiger partial charge in [-0.05, 0) is 45.6 Å². The van der Waals surface area contributed by atoms with Crippen LogP contribution in [-0.4, -0.2) is 43.0 Å². The highest BCUT2D eigenvalue weighted by Gasteiger charge is 2.06. The predicted molar refractivity (Wildman–Crippen MR) is 64.3 cm³/mol. The third kappa shape index (κ3) is 5.40. The number of halogens is 1. The molecular weight excluding hydrogens is 221 g/mol. The molecule has 0 saturated heterocycles. The molecule has 0 fully saturated rings. The summed E-state index contributed by atoms with van der Waals surface area (Å²) in [5.41, 5.74) is 0.123. The van der Waals surface area contributed by atoms with Gasteiger partial charge in [0.1, 0.15) is 5.69 Å². The Hall–Kier alpha value is -1.49. The normalized spacial score (nSPS) is 10.6. The fourth-order valence-corrected chi connectivity index (χ4v) is 1.38. The summed E-state index contributed by atoms with van der Waals surface area (Å²) in [4.78, 5) is 17.1. The molecule has 0 aliphatic carbocycles. The van der Waals surface area contributed by atoms with Gasteiger partial charge in [0, 0.05) is 6.54 Å². The van der Waals surface area contributed by atoms with Crippen molar-refractivity contribution in [2.75, 3.05) is 27.2 Å². The number of hydrogen-bond donors (Lipinski definition) is 1. The minimum atomic E-state index is -0.634. The lowest BCUT2D eigenvalue weighted by Crippen LogP contribution is -2.26. The Kier molecular flexibility index (Phi) is 5.56. The van der Waals surface area contributed by atoms with Crippen LogP contribution in [0.25, 0.3) is 0 Å². The van der Waals surface area contributed by atoms with Crippen molar-refractivity contribution >= 4 is 5.91 Å². The highest BCUT2D eigenvalue weighted by molar-refractivity contribution is 5.92. The quantitative estimate of drug-likeness (QED) is 0.601. The van der Waals surface area contributed by atoms with Crippen LogP contribution < -0.4 is 5.32 Å². The molecule has 4 nitrogen and oxygen atoms in total. The number of unbranched alkanes of at least 4 members (excludes halogenated alkanes) is 1. The molecule has 0 bridgehead atoms. The topological polar surface area (TPSA) is 45.2 Å². The van der Waals surface area contributed by atoms with Crippen LogP contribution in [0.5, 0.6) is 0 Å². The van der Waals surface area contributed by atoms with Crippen LogP contribution in [-0.2, 0) is 0 Å². The number of rotatable bonds is 6. The Morgan fingerprint density at radius 1 is 1.41 bits per heavy atom. The van der Waals surface area contributed by atoms with Crippen molar-refractivity contribution in [2.45, 2.75) is 12.8 Å². The maximum atomic E-state index is 12.8. The van der Waals surface area contributed by atoms with Gasteiger partial charge in [-0.25, -0.2) is 4.98 Å². The van der Waals surface area contributed by atoms with Crippen LogP contribution in [0.2, 0.25) is 0 Å². The molecule has 0 unspecified atom stereocenters. The second-order valence-electron chi connectivity index (χ2n) is 4.11. The highest BCUT2D eigenvalue weighted by atomic mass is 19.1. The molecule has 0 spiro atoms. The van der Waals surface area contributed by atoms with Gasteiger partial charge in [0.2, 0.25) is 5.95 Å². The summed E-state index contributed by atoms with van der Waals surface area (Å²) >= 11 is 0. The van der Waals surface area contributed by atoms with Gasteiger partial charge in [-0.2, -0.15) is 4.39 Å². The molecule has 1 N–H and O–H groups in total. The van der Waals surface area contributed by atoms with Gasteiger partial charge >= 0.3 is 0 Å². The van der Waals surface area contributed by atoms with Gasteiger partial charge in [-0.3, -0.25) is 4.79 Å². The average molecular weight is 239 g/mol. The zero-order valence-corrected chi connectivity index (χ0v) is 10.2. The Balaban J connectivity index is 2.26. The Morgan fingerprint density at radius 3 is 2.82 bits per heavy atom. The second-order valence-corrected chi connectivity index (χ2v) is 4.11. The first-order chi connectivity index (χ1) is 8.09. The van der Waals surface area contributed by atoms with Gasteiger partial charge in [-0.15, -0.1) is 0 Å². The summed E-state index contributed by atoms with van der Waals surface area (Å²) in [5.74, 6) is -0.959. The van der Waals surface area contributed by atoms with Crippen LogP contribution in [0.3, 0.4) is 0 Å². The van der Waals surface area contributed by atoms with Crippen molar-refractivity contribution in [3.8, 4) is 0 Å². The SMILES string of the molecule is CN(C)CCCCNC(=O)c1cccc(F)n1. The number of nitrogens with one attached hydrogen (secondary N) is 1. The van der Waals surface area contributed by atoms with Crippen molar-refractivity contribution in [2.24, 2.45) is 0 Å². The van der Waals surface area contributed by atoms with Crippen molar-refractivity contribution in [3.05, 3.63) is 29.8 Å². The Bertz CT molecular complexity index is 369. The molecule has 1 rings (SSSR count). The molecular formula is C12H18FN3O. The summed E-state index contributed by atoms with van der Waals surface area (Å²) in [6.45, 7) is 1.58. The molecule has 1 aromatic heterocycles. The first-order valence-electron chi connectivity index (χ1n) is 5.65. The van der Waals surface area contributed by atoms with Crippen molar-refractivity contribution in [3.63, 3.8) is 0 Å². The van der Waals surface area contributed by atoms with Crippen molar-refractivity contribution in [1.29, 1.82) is 0 Å². The van der Waals surface area contributed by atoms with E-state index in [-0.39, 0.29) is 11.6 Å². The molecule has 0 aromatic carbocycles. The molecule has 17 heavy (non-hydrogen) atoms. The summed E-state index contributed by atoms with van der Waals surface area (Å²) < 4.78 is 12.8. The van der Waals surface area contributed by atoms with Crippen LogP contribution >= 0.6 is 0 Å². The smallest absolute Gasteiger partial charge is 0.269 e. The van der Waals surface area contributed by atoms with Gasteiger partial charge in [0.15, 0.2) is 0 Å².